The number of benzene rings is 1. The first-order valence-corrected chi connectivity index (χ1v) is 11.6. The van der Waals surface area contributed by atoms with Gasteiger partial charge in [-0.1, -0.05) is 13.8 Å². The first kappa shape index (κ1) is 19.4. The number of aliphatic hydroxyl groups is 1. The highest BCUT2D eigenvalue weighted by Crippen LogP contribution is 2.65. The van der Waals surface area contributed by atoms with Crippen LogP contribution in [0.2, 0.25) is 0 Å². The van der Waals surface area contributed by atoms with Crippen LogP contribution in [0.1, 0.15) is 65.2 Å². The molecular weight excluding hydrogens is 362 g/mol. The zero-order chi connectivity index (χ0) is 20.4. The van der Waals surface area contributed by atoms with Gasteiger partial charge in [-0.05, 0) is 98.3 Å². The van der Waals surface area contributed by atoms with Crippen LogP contribution in [-0.2, 0) is 4.79 Å². The molecule has 5 rings (SSSR count). The van der Waals surface area contributed by atoms with Crippen molar-refractivity contribution >= 4 is 11.5 Å². The largest absolute Gasteiger partial charge is 0.508 e. The van der Waals surface area contributed by atoms with Crippen molar-refractivity contribution < 1.29 is 15.0 Å². The predicted molar refractivity (Wildman–Crippen MR) is 114 cm³/mol. The Balaban J connectivity index is 1.39. The molecule has 0 bridgehead atoms. The molecule has 0 radical (unpaired) electrons. The van der Waals surface area contributed by atoms with Gasteiger partial charge < -0.3 is 15.5 Å². The summed E-state index contributed by atoms with van der Waals surface area (Å²) < 4.78 is 0. The minimum absolute atomic E-state index is 0.0399. The third-order valence-corrected chi connectivity index (χ3v) is 9.64. The van der Waals surface area contributed by atoms with Gasteiger partial charge in [-0.2, -0.15) is 0 Å². The quantitative estimate of drug-likeness (QED) is 0.630. The van der Waals surface area contributed by atoms with Crippen molar-refractivity contribution in [3.63, 3.8) is 0 Å². The van der Waals surface area contributed by atoms with Gasteiger partial charge in [0.2, 0.25) is 0 Å². The number of aliphatic hydroxyl groups excluding tert-OH is 1. The Hall–Kier alpha value is -1.55. The molecule has 4 nitrogen and oxygen atoms in total. The lowest BCUT2D eigenvalue weighted by molar-refractivity contribution is -0.143. The normalized spacial score (nSPS) is 46.5. The summed E-state index contributed by atoms with van der Waals surface area (Å²) in [5.74, 6) is 3.27. The predicted octanol–water partition coefficient (Wildman–Crippen LogP) is 4.76. The van der Waals surface area contributed by atoms with Crippen LogP contribution in [0.4, 0.5) is 5.69 Å². The average molecular weight is 398 g/mol. The standard InChI is InChI=1S/C25H35NO3/c1-24-12-11-20-18(19(24)9-10-23(24)29)8-3-15-13-22(28)21(14-25(15,20)2)26-16-4-6-17(27)7-5-16/h4-7,15,18-22,26-28H,3,8-14H2,1-2H3/t15-,18-,19-,20-,21-,22-,24-,25-/m0/s1. The molecule has 3 N–H and O–H groups in total. The number of carbonyl (C=O) groups excluding carboxylic acids is 1. The van der Waals surface area contributed by atoms with Crippen molar-refractivity contribution in [1.29, 1.82) is 0 Å². The molecule has 29 heavy (non-hydrogen) atoms. The molecule has 4 aliphatic carbocycles. The van der Waals surface area contributed by atoms with E-state index in [2.05, 4.69) is 19.2 Å². The highest BCUT2D eigenvalue weighted by molar-refractivity contribution is 5.87. The topological polar surface area (TPSA) is 69.6 Å². The zero-order valence-electron chi connectivity index (χ0n) is 17.7. The van der Waals surface area contributed by atoms with E-state index < -0.39 is 0 Å². The van der Waals surface area contributed by atoms with Gasteiger partial charge >= 0.3 is 0 Å². The van der Waals surface area contributed by atoms with Crippen LogP contribution in [0.15, 0.2) is 24.3 Å². The van der Waals surface area contributed by atoms with E-state index in [1.54, 1.807) is 12.1 Å². The number of nitrogens with one attached hydrogen (secondary N) is 1. The summed E-state index contributed by atoms with van der Waals surface area (Å²) in [5, 5.41) is 24.0. The molecule has 8 atom stereocenters. The van der Waals surface area contributed by atoms with Crippen molar-refractivity contribution in [2.45, 2.75) is 77.4 Å². The van der Waals surface area contributed by atoms with Gasteiger partial charge in [0.15, 0.2) is 0 Å². The summed E-state index contributed by atoms with van der Waals surface area (Å²) in [5.41, 5.74) is 1.12. The summed E-state index contributed by atoms with van der Waals surface area (Å²) in [6, 6.07) is 7.19. The van der Waals surface area contributed by atoms with Gasteiger partial charge in [0, 0.05) is 17.5 Å². The Morgan fingerprint density at radius 3 is 2.55 bits per heavy atom. The molecule has 4 heteroatoms. The highest BCUT2D eigenvalue weighted by Gasteiger charge is 2.61. The van der Waals surface area contributed by atoms with Crippen molar-refractivity contribution in [1.82, 2.24) is 0 Å². The highest BCUT2D eigenvalue weighted by atomic mass is 16.3. The number of hydrogen-bond acceptors (Lipinski definition) is 4. The van der Waals surface area contributed by atoms with Crippen LogP contribution < -0.4 is 5.32 Å². The van der Waals surface area contributed by atoms with Crippen LogP contribution in [0.3, 0.4) is 0 Å². The Labute approximate surface area is 174 Å². The van der Waals surface area contributed by atoms with Crippen molar-refractivity contribution in [3.05, 3.63) is 24.3 Å². The van der Waals surface area contributed by atoms with Crippen LogP contribution >= 0.6 is 0 Å². The third-order valence-electron chi connectivity index (χ3n) is 9.64. The summed E-state index contributed by atoms with van der Waals surface area (Å²) in [4.78, 5) is 12.6. The molecule has 0 aliphatic heterocycles. The lowest BCUT2D eigenvalue weighted by atomic mass is 9.44. The molecule has 0 amide bonds. The number of phenolic OH excluding ortho intramolecular Hbond substituents is 1. The second-order valence-electron chi connectivity index (χ2n) is 10.9. The zero-order valence-corrected chi connectivity index (χ0v) is 17.7. The fourth-order valence-electron chi connectivity index (χ4n) is 8.00. The molecule has 4 aliphatic rings. The van der Waals surface area contributed by atoms with Gasteiger partial charge in [-0.25, -0.2) is 0 Å². The van der Waals surface area contributed by atoms with Crippen LogP contribution in [0.5, 0.6) is 5.75 Å². The summed E-state index contributed by atoms with van der Waals surface area (Å²) >= 11 is 0. The monoisotopic (exact) mass is 397 g/mol. The first-order valence-electron chi connectivity index (χ1n) is 11.6. The average Bonchev–Trinajstić information content (AvgIpc) is 3.00. The molecule has 158 valence electrons. The number of fused-ring (bicyclic) bond motifs is 5. The maximum atomic E-state index is 12.6. The second-order valence-corrected chi connectivity index (χ2v) is 10.9. The number of anilines is 1. The number of carbonyl (C=O) groups is 1. The molecular formula is C25H35NO3. The fourth-order valence-corrected chi connectivity index (χ4v) is 8.00. The molecule has 0 spiro atoms. The molecule has 4 saturated carbocycles. The summed E-state index contributed by atoms with van der Waals surface area (Å²) in [7, 11) is 0. The Morgan fingerprint density at radius 2 is 1.79 bits per heavy atom. The number of rotatable bonds is 2. The van der Waals surface area contributed by atoms with Gasteiger partial charge in [-0.15, -0.1) is 0 Å². The molecule has 0 aromatic heterocycles. The number of Topliss-reactive ketones (excluding diaryl/α,β-unsaturated/α-hetero) is 1. The minimum Gasteiger partial charge on any atom is -0.508 e. The molecule has 0 unspecified atom stereocenters. The van der Waals surface area contributed by atoms with E-state index in [9.17, 15) is 15.0 Å². The SMILES string of the molecule is C[C@]12C[C@H](Nc3ccc(O)cc3)[C@@H](O)C[C@@H]1CC[C@@H]1[C@@H]2CC[C@]2(C)C(=O)CC[C@@H]12. The van der Waals surface area contributed by atoms with E-state index in [0.29, 0.717) is 29.5 Å². The van der Waals surface area contributed by atoms with Crippen molar-refractivity contribution in [3.8, 4) is 5.75 Å². The summed E-state index contributed by atoms with van der Waals surface area (Å²) in [6.45, 7) is 4.72. The van der Waals surface area contributed by atoms with E-state index in [1.807, 2.05) is 12.1 Å². The lowest BCUT2D eigenvalue weighted by Gasteiger charge is -2.61. The maximum absolute atomic E-state index is 12.6. The van der Waals surface area contributed by atoms with Crippen LogP contribution in [-0.4, -0.2) is 28.1 Å². The fraction of sp³-hybridized carbons (Fsp3) is 0.720. The molecule has 0 saturated heterocycles. The van der Waals surface area contributed by atoms with Gasteiger partial charge in [0.1, 0.15) is 11.5 Å². The Kier molecular flexibility index (Phi) is 4.51. The maximum Gasteiger partial charge on any atom is 0.139 e. The van der Waals surface area contributed by atoms with Gasteiger partial charge in [0.05, 0.1) is 12.1 Å². The lowest BCUT2D eigenvalue weighted by Crippen LogP contribution is -2.57. The van der Waals surface area contributed by atoms with E-state index in [1.165, 1.54) is 19.3 Å². The number of aromatic hydroxyl groups is 1. The molecule has 1 aromatic rings. The molecule has 4 fully saturated rings. The van der Waals surface area contributed by atoms with E-state index in [4.69, 9.17) is 0 Å². The van der Waals surface area contributed by atoms with Crippen molar-refractivity contribution in [2.24, 2.45) is 34.5 Å². The van der Waals surface area contributed by atoms with E-state index in [0.717, 1.165) is 37.8 Å². The Morgan fingerprint density at radius 1 is 1.03 bits per heavy atom. The summed E-state index contributed by atoms with van der Waals surface area (Å²) in [6.07, 6.45) is 8.05. The number of hydrogen-bond donors (Lipinski definition) is 3. The minimum atomic E-state index is -0.333. The smallest absolute Gasteiger partial charge is 0.139 e. The van der Waals surface area contributed by atoms with E-state index >= 15 is 0 Å². The Bertz CT molecular complexity index is 792. The van der Waals surface area contributed by atoms with Crippen molar-refractivity contribution in [2.75, 3.05) is 5.32 Å². The van der Waals surface area contributed by atoms with Crippen LogP contribution in [0.25, 0.3) is 0 Å². The van der Waals surface area contributed by atoms with Gasteiger partial charge in [-0.3, -0.25) is 4.79 Å². The second kappa shape index (κ2) is 6.73. The number of phenols is 1. The first-order chi connectivity index (χ1) is 13.8. The number of ketones is 1. The molecule has 1 aromatic carbocycles. The van der Waals surface area contributed by atoms with Gasteiger partial charge in [0.25, 0.3) is 0 Å². The third kappa shape index (κ3) is 2.93. The van der Waals surface area contributed by atoms with Crippen LogP contribution in [0, 0.1) is 34.5 Å². The van der Waals surface area contributed by atoms with E-state index in [-0.39, 0.29) is 28.7 Å². The molecule has 0 heterocycles.